The molecule has 0 spiro atoms. The maximum atomic E-state index is 9.44. The number of nitrogens with zero attached hydrogens (tertiary/aromatic N) is 3. The molecule has 19 heavy (non-hydrogen) atoms. The molecule has 0 bridgehead atoms. The molecule has 5 heteroatoms. The Hall–Kier alpha value is -1.62. The highest BCUT2D eigenvalue weighted by Gasteiger charge is 2.24. The topological polar surface area (TPSA) is 62.5 Å². The summed E-state index contributed by atoms with van der Waals surface area (Å²) in [7, 11) is 0. The van der Waals surface area contributed by atoms with Gasteiger partial charge in [-0.15, -0.1) is 0 Å². The Bertz CT molecular complexity index is 539. The average molecular weight is 260 g/mol. The molecule has 1 aliphatic rings. The summed E-state index contributed by atoms with van der Waals surface area (Å²) in [5, 5.41) is 17.1. The van der Waals surface area contributed by atoms with Crippen molar-refractivity contribution in [2.24, 2.45) is 11.8 Å². The van der Waals surface area contributed by atoms with Crippen LogP contribution in [0.1, 0.15) is 25.7 Å². The van der Waals surface area contributed by atoms with Gasteiger partial charge in [0.2, 0.25) is 0 Å². The standard InChI is InChI=1S/C14H20N4O/c19-10-12-4-2-1-3-11(12)9-16-14-13-5-6-17-18(13)8-7-15-14/h5-8,11-12,19H,1-4,9-10H2,(H,15,16). The van der Waals surface area contributed by atoms with E-state index in [0.717, 1.165) is 24.3 Å². The highest BCUT2D eigenvalue weighted by atomic mass is 16.3. The molecule has 0 aliphatic heterocycles. The van der Waals surface area contributed by atoms with Crippen LogP contribution in [0.3, 0.4) is 0 Å². The van der Waals surface area contributed by atoms with Crippen LogP contribution < -0.4 is 5.32 Å². The molecule has 3 rings (SSSR count). The summed E-state index contributed by atoms with van der Waals surface area (Å²) in [5.41, 5.74) is 0.999. The van der Waals surface area contributed by atoms with Gasteiger partial charge >= 0.3 is 0 Å². The van der Waals surface area contributed by atoms with Crippen molar-refractivity contribution >= 4 is 11.3 Å². The fourth-order valence-electron chi connectivity index (χ4n) is 3.02. The van der Waals surface area contributed by atoms with E-state index in [1.54, 1.807) is 12.4 Å². The zero-order valence-corrected chi connectivity index (χ0v) is 11.0. The van der Waals surface area contributed by atoms with E-state index in [4.69, 9.17) is 0 Å². The van der Waals surface area contributed by atoms with Crippen LogP contribution >= 0.6 is 0 Å². The lowest BCUT2D eigenvalue weighted by Gasteiger charge is -2.30. The van der Waals surface area contributed by atoms with Crippen molar-refractivity contribution in [3.8, 4) is 0 Å². The Kier molecular flexibility index (Phi) is 3.64. The highest BCUT2D eigenvalue weighted by Crippen LogP contribution is 2.30. The van der Waals surface area contributed by atoms with Crippen molar-refractivity contribution in [1.82, 2.24) is 14.6 Å². The van der Waals surface area contributed by atoms with Gasteiger partial charge in [-0.25, -0.2) is 9.50 Å². The summed E-state index contributed by atoms with van der Waals surface area (Å²) in [6.07, 6.45) is 10.2. The van der Waals surface area contributed by atoms with Crippen molar-refractivity contribution in [3.63, 3.8) is 0 Å². The van der Waals surface area contributed by atoms with Crippen molar-refractivity contribution in [2.45, 2.75) is 25.7 Å². The normalized spacial score (nSPS) is 23.6. The minimum Gasteiger partial charge on any atom is -0.396 e. The number of hydrogen-bond donors (Lipinski definition) is 2. The third-order valence-corrected chi connectivity index (χ3v) is 4.16. The van der Waals surface area contributed by atoms with Crippen molar-refractivity contribution < 1.29 is 5.11 Å². The van der Waals surface area contributed by atoms with Crippen LogP contribution in [0, 0.1) is 11.8 Å². The quantitative estimate of drug-likeness (QED) is 0.882. The zero-order valence-electron chi connectivity index (χ0n) is 11.0. The molecular formula is C14H20N4O. The predicted molar refractivity (Wildman–Crippen MR) is 74.0 cm³/mol. The average Bonchev–Trinajstić information content (AvgIpc) is 2.94. The second kappa shape index (κ2) is 5.57. The highest BCUT2D eigenvalue weighted by molar-refractivity contribution is 5.66. The third kappa shape index (κ3) is 2.56. The van der Waals surface area contributed by atoms with E-state index in [1.807, 2.05) is 16.8 Å². The molecule has 2 atom stereocenters. The van der Waals surface area contributed by atoms with Crippen LogP contribution in [0.5, 0.6) is 0 Å². The van der Waals surface area contributed by atoms with Gasteiger partial charge in [0.25, 0.3) is 0 Å². The van der Waals surface area contributed by atoms with Crippen LogP contribution in [0.25, 0.3) is 5.52 Å². The number of hydrogen-bond acceptors (Lipinski definition) is 4. The van der Waals surface area contributed by atoms with Gasteiger partial charge in [0.1, 0.15) is 5.52 Å². The van der Waals surface area contributed by atoms with Crippen molar-refractivity contribution in [2.75, 3.05) is 18.5 Å². The molecule has 1 aliphatic carbocycles. The Morgan fingerprint density at radius 1 is 1.26 bits per heavy atom. The summed E-state index contributed by atoms with van der Waals surface area (Å²) in [6.45, 7) is 1.18. The molecule has 0 saturated heterocycles. The number of anilines is 1. The molecule has 2 unspecified atom stereocenters. The number of nitrogens with one attached hydrogen (secondary N) is 1. The number of fused-ring (bicyclic) bond motifs is 1. The first-order valence-corrected chi connectivity index (χ1v) is 7.01. The van der Waals surface area contributed by atoms with E-state index < -0.39 is 0 Å². The van der Waals surface area contributed by atoms with Gasteiger partial charge in [0, 0.05) is 25.5 Å². The molecule has 2 N–H and O–H groups in total. The van der Waals surface area contributed by atoms with E-state index in [-0.39, 0.29) is 0 Å². The van der Waals surface area contributed by atoms with Gasteiger partial charge in [-0.05, 0) is 30.7 Å². The summed E-state index contributed by atoms with van der Waals surface area (Å²) in [4.78, 5) is 4.38. The van der Waals surface area contributed by atoms with E-state index >= 15 is 0 Å². The number of rotatable bonds is 4. The molecule has 0 amide bonds. The summed E-state index contributed by atoms with van der Waals surface area (Å²) in [6, 6.07) is 1.96. The Balaban J connectivity index is 1.69. The molecule has 2 aromatic heterocycles. The molecular weight excluding hydrogens is 240 g/mol. The summed E-state index contributed by atoms with van der Waals surface area (Å²) in [5.74, 6) is 1.86. The lowest BCUT2D eigenvalue weighted by Crippen LogP contribution is -2.28. The molecule has 2 heterocycles. The first-order chi connectivity index (χ1) is 9.38. The van der Waals surface area contributed by atoms with Crippen molar-refractivity contribution in [3.05, 3.63) is 24.7 Å². The number of aliphatic hydroxyl groups excluding tert-OH is 1. The lowest BCUT2D eigenvalue weighted by atomic mass is 9.79. The second-order valence-corrected chi connectivity index (χ2v) is 5.30. The Morgan fingerprint density at radius 3 is 2.95 bits per heavy atom. The van der Waals surface area contributed by atoms with Gasteiger partial charge in [0.15, 0.2) is 5.82 Å². The van der Waals surface area contributed by atoms with Crippen molar-refractivity contribution in [1.29, 1.82) is 0 Å². The van der Waals surface area contributed by atoms with Crippen LogP contribution in [-0.2, 0) is 0 Å². The minimum absolute atomic E-state index is 0.302. The third-order valence-electron chi connectivity index (χ3n) is 4.16. The molecule has 102 valence electrons. The molecule has 0 aromatic carbocycles. The molecule has 2 aromatic rings. The van der Waals surface area contributed by atoms with E-state index in [9.17, 15) is 5.11 Å². The van der Waals surface area contributed by atoms with Gasteiger partial charge in [-0.1, -0.05) is 12.8 Å². The van der Waals surface area contributed by atoms with Gasteiger partial charge in [-0.2, -0.15) is 5.10 Å². The van der Waals surface area contributed by atoms with Crippen LogP contribution in [0.2, 0.25) is 0 Å². The molecule has 5 nitrogen and oxygen atoms in total. The molecule has 1 fully saturated rings. The van der Waals surface area contributed by atoms with Crippen LogP contribution in [-0.4, -0.2) is 32.9 Å². The maximum Gasteiger partial charge on any atom is 0.152 e. The fourth-order valence-corrected chi connectivity index (χ4v) is 3.02. The fraction of sp³-hybridized carbons (Fsp3) is 0.571. The van der Waals surface area contributed by atoms with Crippen LogP contribution in [0.4, 0.5) is 5.82 Å². The van der Waals surface area contributed by atoms with Gasteiger partial charge in [0.05, 0.1) is 6.20 Å². The second-order valence-electron chi connectivity index (χ2n) is 5.30. The first-order valence-electron chi connectivity index (χ1n) is 7.01. The van der Waals surface area contributed by atoms with E-state index in [1.165, 1.54) is 19.3 Å². The number of aliphatic hydroxyl groups is 1. The van der Waals surface area contributed by atoms with Gasteiger partial charge < -0.3 is 10.4 Å². The van der Waals surface area contributed by atoms with E-state index in [2.05, 4.69) is 15.4 Å². The predicted octanol–water partition coefficient (Wildman–Crippen LogP) is 1.94. The molecule has 0 radical (unpaired) electrons. The maximum absolute atomic E-state index is 9.44. The Morgan fingerprint density at radius 2 is 2.11 bits per heavy atom. The monoisotopic (exact) mass is 260 g/mol. The van der Waals surface area contributed by atoms with Gasteiger partial charge in [-0.3, -0.25) is 0 Å². The Labute approximate surface area is 112 Å². The molecule has 1 saturated carbocycles. The van der Waals surface area contributed by atoms with Crippen LogP contribution in [0.15, 0.2) is 24.7 Å². The number of aromatic nitrogens is 3. The minimum atomic E-state index is 0.302. The zero-order chi connectivity index (χ0) is 13.1. The smallest absolute Gasteiger partial charge is 0.152 e. The first kappa shape index (κ1) is 12.4. The summed E-state index contributed by atoms with van der Waals surface area (Å²) >= 11 is 0. The lowest BCUT2D eigenvalue weighted by molar-refractivity contribution is 0.141. The SMILES string of the molecule is OCC1CCCCC1CNc1nccn2nccc12. The van der Waals surface area contributed by atoms with E-state index in [0.29, 0.717) is 18.4 Å². The largest absolute Gasteiger partial charge is 0.396 e. The summed E-state index contributed by atoms with van der Waals surface area (Å²) < 4.78 is 1.82.